The van der Waals surface area contributed by atoms with E-state index in [0.717, 1.165) is 0 Å². The van der Waals surface area contributed by atoms with Gasteiger partial charge < -0.3 is 10.4 Å². The van der Waals surface area contributed by atoms with Crippen molar-refractivity contribution < 1.29 is 19.5 Å². The van der Waals surface area contributed by atoms with Crippen molar-refractivity contribution >= 4 is 29.3 Å². The number of hydrogen-bond donors (Lipinski definition) is 2. The maximum Gasteiger partial charge on any atom is 0.329 e. The van der Waals surface area contributed by atoms with Gasteiger partial charge in [-0.2, -0.15) is 0 Å². The molecule has 0 spiro atoms. The van der Waals surface area contributed by atoms with Gasteiger partial charge in [-0.15, -0.1) is 0 Å². The van der Waals surface area contributed by atoms with Crippen molar-refractivity contribution in [2.45, 2.75) is 38.6 Å². The van der Waals surface area contributed by atoms with E-state index in [9.17, 15) is 14.4 Å². The van der Waals surface area contributed by atoms with Gasteiger partial charge in [0.1, 0.15) is 5.54 Å². The monoisotopic (exact) mass is 311 g/mol. The summed E-state index contributed by atoms with van der Waals surface area (Å²) in [5, 5.41) is 12.0. The van der Waals surface area contributed by atoms with Crippen molar-refractivity contribution in [1.82, 2.24) is 5.32 Å². The molecule has 0 saturated heterocycles. The van der Waals surface area contributed by atoms with Gasteiger partial charge in [0.15, 0.2) is 5.78 Å². The van der Waals surface area contributed by atoms with Crippen LogP contribution in [-0.4, -0.2) is 28.3 Å². The second-order valence-corrected chi connectivity index (χ2v) is 5.41. The molecule has 1 rings (SSSR count). The summed E-state index contributed by atoms with van der Waals surface area (Å²) in [6.07, 6.45) is 0.233. The zero-order valence-corrected chi connectivity index (χ0v) is 12.7. The molecule has 114 valence electrons. The third-order valence-electron chi connectivity index (χ3n) is 3.34. The molecule has 0 heterocycles. The number of Topliss-reactive ketones (excluding diaryl/α,β-unsaturated/α-hetero) is 1. The number of aliphatic carboxylic acids is 1. The SMILES string of the molecule is CCC(C)(NC(=O)CCC(=O)c1ccc(Cl)cc1)C(=O)O. The van der Waals surface area contributed by atoms with Crippen LogP contribution in [0.3, 0.4) is 0 Å². The van der Waals surface area contributed by atoms with Crippen LogP contribution in [0.15, 0.2) is 24.3 Å². The highest BCUT2D eigenvalue weighted by Gasteiger charge is 2.32. The highest BCUT2D eigenvalue weighted by atomic mass is 35.5. The number of hydrogen-bond acceptors (Lipinski definition) is 3. The zero-order chi connectivity index (χ0) is 16.0. The van der Waals surface area contributed by atoms with Crippen LogP contribution in [0, 0.1) is 0 Å². The van der Waals surface area contributed by atoms with Crippen LogP contribution in [0.25, 0.3) is 0 Å². The number of benzene rings is 1. The lowest BCUT2D eigenvalue weighted by Gasteiger charge is -2.24. The predicted octanol–water partition coefficient (Wildman–Crippen LogP) is 2.67. The first kappa shape index (κ1) is 17.2. The molecular formula is C15H18ClNO4. The van der Waals surface area contributed by atoms with Crippen LogP contribution >= 0.6 is 11.6 Å². The van der Waals surface area contributed by atoms with Gasteiger partial charge in [-0.05, 0) is 37.6 Å². The quantitative estimate of drug-likeness (QED) is 0.758. The summed E-state index contributed by atoms with van der Waals surface area (Å²) in [4.78, 5) is 34.7. The Hall–Kier alpha value is -1.88. The van der Waals surface area contributed by atoms with E-state index in [4.69, 9.17) is 16.7 Å². The molecule has 21 heavy (non-hydrogen) atoms. The van der Waals surface area contributed by atoms with Crippen LogP contribution in [0.5, 0.6) is 0 Å². The molecule has 6 heteroatoms. The molecule has 1 aromatic rings. The molecule has 2 N–H and O–H groups in total. The fourth-order valence-corrected chi connectivity index (χ4v) is 1.80. The third-order valence-corrected chi connectivity index (χ3v) is 3.59. The van der Waals surface area contributed by atoms with Crippen LogP contribution in [0.4, 0.5) is 0 Å². The van der Waals surface area contributed by atoms with Crippen LogP contribution < -0.4 is 5.32 Å². The topological polar surface area (TPSA) is 83.5 Å². The number of carbonyl (C=O) groups excluding carboxylic acids is 2. The minimum atomic E-state index is -1.31. The Morgan fingerprint density at radius 3 is 2.24 bits per heavy atom. The van der Waals surface area contributed by atoms with Crippen LogP contribution in [-0.2, 0) is 9.59 Å². The first-order chi connectivity index (χ1) is 9.78. The van der Waals surface area contributed by atoms with Gasteiger partial charge in [0.25, 0.3) is 0 Å². The number of rotatable bonds is 7. The summed E-state index contributed by atoms with van der Waals surface area (Å²) >= 11 is 5.73. The Labute approximate surface area is 128 Å². The Morgan fingerprint density at radius 1 is 1.19 bits per heavy atom. The first-order valence-corrected chi connectivity index (χ1v) is 6.99. The Balaban J connectivity index is 2.55. The van der Waals surface area contributed by atoms with Gasteiger partial charge in [0.2, 0.25) is 5.91 Å². The normalized spacial score (nSPS) is 13.3. The highest BCUT2D eigenvalue weighted by molar-refractivity contribution is 6.30. The van der Waals surface area contributed by atoms with Gasteiger partial charge in [-0.1, -0.05) is 18.5 Å². The van der Waals surface area contributed by atoms with Gasteiger partial charge in [0, 0.05) is 23.4 Å². The van der Waals surface area contributed by atoms with E-state index in [0.29, 0.717) is 10.6 Å². The average molecular weight is 312 g/mol. The number of halogens is 1. The second kappa shape index (κ2) is 7.22. The van der Waals surface area contributed by atoms with E-state index >= 15 is 0 Å². The number of amides is 1. The maximum atomic E-state index is 11.9. The van der Waals surface area contributed by atoms with E-state index in [1.54, 1.807) is 31.2 Å². The lowest BCUT2D eigenvalue weighted by molar-refractivity contribution is -0.147. The maximum absolute atomic E-state index is 11.9. The molecule has 5 nitrogen and oxygen atoms in total. The lowest BCUT2D eigenvalue weighted by Crippen LogP contribution is -2.51. The molecule has 0 aliphatic carbocycles. The van der Waals surface area contributed by atoms with Gasteiger partial charge in [-0.3, -0.25) is 9.59 Å². The van der Waals surface area contributed by atoms with Crippen molar-refractivity contribution in [2.75, 3.05) is 0 Å². The van der Waals surface area contributed by atoms with Crippen LogP contribution in [0.1, 0.15) is 43.5 Å². The molecule has 1 aromatic carbocycles. The molecular weight excluding hydrogens is 294 g/mol. The van der Waals surface area contributed by atoms with E-state index in [1.165, 1.54) is 6.92 Å². The third kappa shape index (κ3) is 4.86. The van der Waals surface area contributed by atoms with Crippen molar-refractivity contribution in [3.05, 3.63) is 34.9 Å². The molecule has 0 aliphatic rings. The summed E-state index contributed by atoms with van der Waals surface area (Å²) in [6.45, 7) is 3.11. The Kier molecular flexibility index (Phi) is 5.90. The lowest BCUT2D eigenvalue weighted by atomic mass is 9.98. The van der Waals surface area contributed by atoms with Crippen molar-refractivity contribution in [3.8, 4) is 0 Å². The van der Waals surface area contributed by atoms with E-state index in [1.807, 2.05) is 0 Å². The summed E-state index contributed by atoms with van der Waals surface area (Å²) in [5.41, 5.74) is -0.830. The predicted molar refractivity (Wildman–Crippen MR) is 79.5 cm³/mol. The molecule has 1 amide bonds. The fourth-order valence-electron chi connectivity index (χ4n) is 1.67. The molecule has 0 radical (unpaired) electrons. The number of ketones is 1. The minimum Gasteiger partial charge on any atom is -0.480 e. The number of carboxylic acid groups (broad SMARTS) is 1. The van der Waals surface area contributed by atoms with E-state index in [-0.39, 0.29) is 25.0 Å². The first-order valence-electron chi connectivity index (χ1n) is 6.61. The molecule has 1 atom stereocenters. The number of carboxylic acids is 1. The Morgan fingerprint density at radius 2 is 1.76 bits per heavy atom. The van der Waals surface area contributed by atoms with Gasteiger partial charge in [0.05, 0.1) is 0 Å². The second-order valence-electron chi connectivity index (χ2n) is 4.97. The molecule has 0 aliphatic heterocycles. The zero-order valence-electron chi connectivity index (χ0n) is 12.0. The Bertz CT molecular complexity index is 541. The highest BCUT2D eigenvalue weighted by Crippen LogP contribution is 2.13. The van der Waals surface area contributed by atoms with E-state index in [2.05, 4.69) is 5.32 Å². The summed E-state index contributed by atoms with van der Waals surface area (Å²) in [5.74, 6) is -1.73. The molecule has 0 fully saturated rings. The van der Waals surface area contributed by atoms with Gasteiger partial charge in [-0.25, -0.2) is 4.79 Å². The molecule has 0 aromatic heterocycles. The van der Waals surface area contributed by atoms with Crippen molar-refractivity contribution in [3.63, 3.8) is 0 Å². The summed E-state index contributed by atoms with van der Waals surface area (Å²) in [6, 6.07) is 6.40. The van der Waals surface area contributed by atoms with E-state index < -0.39 is 17.4 Å². The average Bonchev–Trinajstić information content (AvgIpc) is 2.45. The van der Waals surface area contributed by atoms with Crippen molar-refractivity contribution in [1.29, 1.82) is 0 Å². The smallest absolute Gasteiger partial charge is 0.329 e. The standard InChI is InChI=1S/C15H18ClNO4/c1-3-15(2,14(20)21)17-13(19)9-8-12(18)10-4-6-11(16)7-5-10/h4-7H,3,8-9H2,1-2H3,(H,17,19)(H,20,21). The van der Waals surface area contributed by atoms with Crippen molar-refractivity contribution in [2.24, 2.45) is 0 Å². The summed E-state index contributed by atoms with van der Waals surface area (Å²) < 4.78 is 0. The molecule has 1 unspecified atom stereocenters. The van der Waals surface area contributed by atoms with Gasteiger partial charge >= 0.3 is 5.97 Å². The van der Waals surface area contributed by atoms with Crippen LogP contribution in [0.2, 0.25) is 5.02 Å². The number of nitrogens with one attached hydrogen (secondary N) is 1. The summed E-state index contributed by atoms with van der Waals surface area (Å²) in [7, 11) is 0. The molecule has 0 saturated carbocycles. The largest absolute Gasteiger partial charge is 0.480 e. The molecule has 0 bridgehead atoms. The number of carbonyl (C=O) groups is 3. The minimum absolute atomic E-state index is 0.0207. The fraction of sp³-hybridized carbons (Fsp3) is 0.400.